The van der Waals surface area contributed by atoms with Crippen molar-refractivity contribution in [1.29, 1.82) is 0 Å². The molecule has 1 aliphatic heterocycles. The fourth-order valence-electron chi connectivity index (χ4n) is 4.72. The zero-order chi connectivity index (χ0) is 28.3. The van der Waals surface area contributed by atoms with E-state index in [1.54, 1.807) is 20.9 Å². The van der Waals surface area contributed by atoms with Gasteiger partial charge in [-0.3, -0.25) is 0 Å². The number of hydrogen-bond donors (Lipinski definition) is 3. The first-order valence-electron chi connectivity index (χ1n) is 12.9. The topological polar surface area (TPSA) is 109 Å². The number of aliphatic hydroxyl groups is 1. The van der Waals surface area contributed by atoms with Crippen LogP contribution in [0.25, 0.3) is 22.6 Å². The number of piperidine rings is 1. The maximum Gasteiger partial charge on any atom is 0.417 e. The summed E-state index contributed by atoms with van der Waals surface area (Å²) in [5.74, 6) is 1.05. The van der Waals surface area contributed by atoms with Crippen molar-refractivity contribution in [2.45, 2.75) is 51.9 Å². The summed E-state index contributed by atoms with van der Waals surface area (Å²) in [6, 6.07) is 3.58. The zero-order valence-electron chi connectivity index (χ0n) is 22.8. The van der Waals surface area contributed by atoms with E-state index >= 15 is 0 Å². The first kappa shape index (κ1) is 28.8. The lowest BCUT2D eigenvalue weighted by Gasteiger charge is -2.30. The van der Waals surface area contributed by atoms with Crippen LogP contribution in [-0.2, 0) is 6.18 Å². The van der Waals surface area contributed by atoms with Crippen molar-refractivity contribution < 1.29 is 27.5 Å². The van der Waals surface area contributed by atoms with Crippen LogP contribution in [-0.4, -0.2) is 77.6 Å². The van der Waals surface area contributed by atoms with Crippen LogP contribution in [0.3, 0.4) is 0 Å². The summed E-state index contributed by atoms with van der Waals surface area (Å²) >= 11 is 0. The van der Waals surface area contributed by atoms with Crippen LogP contribution in [0.4, 0.5) is 19.0 Å². The predicted octanol–water partition coefficient (Wildman–Crippen LogP) is 4.21. The number of nitrogens with one attached hydrogen (secondary N) is 2. The molecule has 0 bridgehead atoms. The molecular weight excluding hydrogens is 513 g/mol. The van der Waals surface area contributed by atoms with E-state index in [0.717, 1.165) is 32.0 Å². The third-order valence-corrected chi connectivity index (χ3v) is 6.89. The number of likely N-dealkylation sites (N-methyl/N-ethyl adjacent to an activating group) is 1. The van der Waals surface area contributed by atoms with Crippen LogP contribution >= 0.6 is 0 Å². The Balaban J connectivity index is 1.84. The van der Waals surface area contributed by atoms with Gasteiger partial charge in [-0.15, -0.1) is 0 Å². The summed E-state index contributed by atoms with van der Waals surface area (Å²) in [4.78, 5) is 11.5. The molecule has 0 unspecified atom stereocenters. The van der Waals surface area contributed by atoms with E-state index in [-0.39, 0.29) is 36.3 Å². The minimum absolute atomic E-state index is 0.0896. The number of halogens is 3. The number of aryl methyl sites for hydroxylation is 2. The molecule has 1 saturated heterocycles. The van der Waals surface area contributed by atoms with Gasteiger partial charge in [0.25, 0.3) is 0 Å². The molecule has 39 heavy (non-hydrogen) atoms. The fourth-order valence-corrected chi connectivity index (χ4v) is 4.72. The normalized spacial score (nSPS) is 15.9. The van der Waals surface area contributed by atoms with Crippen molar-refractivity contribution in [3.8, 4) is 28.4 Å². The number of nitrogens with zero attached hydrogens (tertiary/aromatic N) is 4. The Morgan fingerprint density at radius 3 is 2.51 bits per heavy atom. The van der Waals surface area contributed by atoms with Crippen molar-refractivity contribution in [3.63, 3.8) is 0 Å². The number of aromatic nitrogens is 3. The maximum atomic E-state index is 14.2. The van der Waals surface area contributed by atoms with Crippen LogP contribution < -0.4 is 15.4 Å². The highest BCUT2D eigenvalue weighted by Crippen LogP contribution is 2.40. The molecule has 1 aliphatic rings. The second kappa shape index (κ2) is 11.9. The highest BCUT2D eigenvalue weighted by molar-refractivity contribution is 5.75. The van der Waals surface area contributed by atoms with Gasteiger partial charge in [0, 0.05) is 23.7 Å². The van der Waals surface area contributed by atoms with Crippen molar-refractivity contribution in [1.82, 2.24) is 25.3 Å². The molecule has 12 heteroatoms. The molecule has 1 atom stereocenters. The highest BCUT2D eigenvalue weighted by Gasteiger charge is 2.35. The number of benzene rings is 1. The quantitative estimate of drug-likeness (QED) is 0.362. The minimum atomic E-state index is -4.65. The molecular formula is C27H35F3N6O3. The van der Waals surface area contributed by atoms with Crippen molar-refractivity contribution in [3.05, 3.63) is 40.8 Å². The largest absolute Gasteiger partial charge is 0.491 e. The first-order chi connectivity index (χ1) is 18.5. The number of likely N-dealkylation sites (tertiary alicyclic amines) is 1. The lowest BCUT2D eigenvalue weighted by molar-refractivity contribution is -0.137. The molecule has 0 aliphatic carbocycles. The van der Waals surface area contributed by atoms with Crippen LogP contribution in [0.1, 0.15) is 35.4 Å². The Bertz CT molecular complexity index is 1270. The number of hydrogen-bond acceptors (Lipinski definition) is 9. The second-order valence-electron chi connectivity index (χ2n) is 10.0. The molecule has 3 N–H and O–H groups in total. The van der Waals surface area contributed by atoms with Gasteiger partial charge in [0.1, 0.15) is 30.0 Å². The molecule has 0 radical (unpaired) electrons. The molecule has 0 spiro atoms. The summed E-state index contributed by atoms with van der Waals surface area (Å²) in [6.07, 6.45) is -3.73. The second-order valence-corrected chi connectivity index (χ2v) is 10.0. The standard InChI is InChI=1S/C27H35F3N6O3/c1-15-24(23-16(2)35-39-17(23)3)33-26(34-25(15)32-18-8-10-36(5)11-9-18)21-12-20(38-14-19(37)13-31-4)6-7-22(21)27(28,29)30/h6-7,12,18-19,31,37H,8-11,13-14H2,1-5H3,(H,32,33,34)/t19-/m1/s1. The lowest BCUT2D eigenvalue weighted by atomic mass is 10.0. The monoisotopic (exact) mass is 548 g/mol. The van der Waals surface area contributed by atoms with Crippen LogP contribution in [0.2, 0.25) is 0 Å². The Hall–Kier alpha value is -3.22. The Kier molecular flexibility index (Phi) is 8.77. The summed E-state index contributed by atoms with van der Waals surface area (Å²) < 4.78 is 53.5. The summed E-state index contributed by atoms with van der Waals surface area (Å²) in [7, 11) is 3.74. The number of rotatable bonds is 9. The molecule has 4 rings (SSSR count). The van der Waals surface area contributed by atoms with E-state index in [0.29, 0.717) is 34.1 Å². The third kappa shape index (κ3) is 6.68. The van der Waals surface area contributed by atoms with Gasteiger partial charge in [-0.05, 0) is 79.0 Å². The van der Waals surface area contributed by atoms with Crippen LogP contribution in [0, 0.1) is 20.8 Å². The van der Waals surface area contributed by atoms with Crippen molar-refractivity contribution >= 4 is 5.82 Å². The van der Waals surface area contributed by atoms with Crippen molar-refractivity contribution in [2.24, 2.45) is 0 Å². The molecule has 0 saturated carbocycles. The molecule has 2 aromatic heterocycles. The fraction of sp³-hybridized carbons (Fsp3) is 0.519. The van der Waals surface area contributed by atoms with Gasteiger partial charge in [-0.25, -0.2) is 9.97 Å². The van der Waals surface area contributed by atoms with E-state index in [9.17, 15) is 18.3 Å². The van der Waals surface area contributed by atoms with Crippen LogP contribution in [0.5, 0.6) is 5.75 Å². The molecule has 0 amide bonds. The average Bonchev–Trinajstić information content (AvgIpc) is 3.22. The molecule has 9 nitrogen and oxygen atoms in total. The number of anilines is 1. The Labute approximate surface area is 225 Å². The highest BCUT2D eigenvalue weighted by atomic mass is 19.4. The van der Waals surface area contributed by atoms with E-state index < -0.39 is 17.8 Å². The number of alkyl halides is 3. The van der Waals surface area contributed by atoms with E-state index in [2.05, 4.69) is 37.7 Å². The molecule has 3 aromatic rings. The predicted molar refractivity (Wildman–Crippen MR) is 142 cm³/mol. The zero-order valence-corrected chi connectivity index (χ0v) is 22.8. The van der Waals surface area contributed by atoms with E-state index in [1.165, 1.54) is 12.1 Å². The van der Waals surface area contributed by atoms with Crippen molar-refractivity contribution in [2.75, 3.05) is 45.7 Å². The molecule has 1 aromatic carbocycles. The molecule has 1 fully saturated rings. The van der Waals surface area contributed by atoms with E-state index in [1.807, 2.05) is 6.92 Å². The summed E-state index contributed by atoms with van der Waals surface area (Å²) in [5.41, 5.74) is 1.25. The smallest absolute Gasteiger partial charge is 0.417 e. The lowest BCUT2D eigenvalue weighted by Crippen LogP contribution is -2.37. The van der Waals surface area contributed by atoms with Gasteiger partial charge in [-0.2, -0.15) is 13.2 Å². The van der Waals surface area contributed by atoms with E-state index in [4.69, 9.17) is 9.26 Å². The van der Waals surface area contributed by atoms with Gasteiger partial charge in [0.05, 0.1) is 22.5 Å². The van der Waals surface area contributed by atoms with Gasteiger partial charge < -0.3 is 29.9 Å². The molecule has 212 valence electrons. The average molecular weight is 549 g/mol. The SMILES string of the molecule is CNC[C@@H](O)COc1ccc(C(F)(F)F)c(-c2nc(NC3CCN(C)CC3)c(C)c(-c3c(C)noc3C)n2)c1. The minimum Gasteiger partial charge on any atom is -0.491 e. The third-order valence-electron chi connectivity index (χ3n) is 6.89. The van der Waals surface area contributed by atoms with Crippen LogP contribution in [0.15, 0.2) is 22.7 Å². The summed E-state index contributed by atoms with van der Waals surface area (Å²) in [5, 5.41) is 20.3. The van der Waals surface area contributed by atoms with Gasteiger partial charge in [-0.1, -0.05) is 5.16 Å². The maximum absolute atomic E-state index is 14.2. The Morgan fingerprint density at radius 2 is 1.90 bits per heavy atom. The van der Waals surface area contributed by atoms with Gasteiger partial charge in [0.15, 0.2) is 5.82 Å². The number of ether oxygens (including phenoxy) is 1. The van der Waals surface area contributed by atoms with Gasteiger partial charge in [0.2, 0.25) is 0 Å². The Morgan fingerprint density at radius 1 is 1.18 bits per heavy atom. The molecule has 3 heterocycles. The summed E-state index contributed by atoms with van der Waals surface area (Å²) in [6.45, 7) is 7.35. The number of aliphatic hydroxyl groups excluding tert-OH is 1. The first-order valence-corrected chi connectivity index (χ1v) is 12.9. The van der Waals surface area contributed by atoms with Gasteiger partial charge >= 0.3 is 6.18 Å².